The van der Waals surface area contributed by atoms with Crippen LogP contribution in [-0.4, -0.2) is 42.4 Å². The Morgan fingerprint density at radius 3 is 2.41 bits per heavy atom. The van der Waals surface area contributed by atoms with Crippen molar-refractivity contribution in [1.29, 1.82) is 0 Å². The number of carbonyl (C=O) groups excluding carboxylic acids is 1. The highest BCUT2D eigenvalue weighted by molar-refractivity contribution is 5.78. The predicted molar refractivity (Wildman–Crippen MR) is 55.4 cm³/mol. The molecule has 0 radical (unpaired) electrons. The molecule has 0 saturated heterocycles. The first-order valence-electron chi connectivity index (χ1n) is 5.57. The number of rotatable bonds is 5. The lowest BCUT2D eigenvalue weighted by Crippen LogP contribution is -2.44. The van der Waals surface area contributed by atoms with E-state index in [-0.39, 0.29) is 6.54 Å². The van der Waals surface area contributed by atoms with Crippen LogP contribution in [-0.2, 0) is 4.79 Å². The van der Waals surface area contributed by atoms with Gasteiger partial charge in [-0.2, -0.15) is 13.2 Å². The molecule has 1 aliphatic carbocycles. The first kappa shape index (κ1) is 14.2. The number of nitrogens with one attached hydrogen (secondary N) is 2. The van der Waals surface area contributed by atoms with Crippen molar-refractivity contribution in [3.05, 3.63) is 0 Å². The molecule has 0 aromatic rings. The number of hydrogen-bond donors (Lipinski definition) is 3. The predicted octanol–water partition coefficient (Wildman–Crippen LogP) is 0.560. The van der Waals surface area contributed by atoms with Gasteiger partial charge in [-0.1, -0.05) is 12.8 Å². The third-order valence-electron chi connectivity index (χ3n) is 2.76. The van der Waals surface area contributed by atoms with Crippen LogP contribution in [0.2, 0.25) is 0 Å². The molecule has 0 unspecified atom stereocenters. The Morgan fingerprint density at radius 2 is 1.88 bits per heavy atom. The van der Waals surface area contributed by atoms with E-state index in [0.717, 1.165) is 12.8 Å². The van der Waals surface area contributed by atoms with Crippen molar-refractivity contribution < 1.29 is 23.1 Å². The van der Waals surface area contributed by atoms with Crippen molar-refractivity contribution >= 4 is 5.91 Å². The van der Waals surface area contributed by atoms with E-state index in [0.29, 0.717) is 12.8 Å². The molecule has 0 atom stereocenters. The van der Waals surface area contributed by atoms with E-state index in [2.05, 4.69) is 5.32 Å². The Bertz CT molecular complexity index is 263. The number of carbonyl (C=O) groups is 1. The van der Waals surface area contributed by atoms with Gasteiger partial charge in [-0.25, -0.2) is 0 Å². The standard InChI is InChI=1S/C10H17F3N2O2/c11-10(12,13)7-14-5-8(16)15-6-9(17)3-1-2-4-9/h14,17H,1-7H2,(H,15,16). The molecule has 7 heteroatoms. The zero-order valence-electron chi connectivity index (χ0n) is 9.44. The maximum absolute atomic E-state index is 11.8. The molecule has 0 heterocycles. The lowest BCUT2D eigenvalue weighted by Gasteiger charge is -2.22. The van der Waals surface area contributed by atoms with E-state index in [4.69, 9.17) is 0 Å². The van der Waals surface area contributed by atoms with E-state index in [1.165, 1.54) is 0 Å². The number of alkyl halides is 3. The van der Waals surface area contributed by atoms with Crippen LogP contribution in [0, 0.1) is 0 Å². The zero-order valence-corrected chi connectivity index (χ0v) is 9.44. The molecule has 0 aromatic heterocycles. The molecule has 0 spiro atoms. The molecule has 1 aliphatic rings. The lowest BCUT2D eigenvalue weighted by atomic mass is 10.0. The van der Waals surface area contributed by atoms with Crippen LogP contribution >= 0.6 is 0 Å². The third kappa shape index (κ3) is 5.88. The minimum Gasteiger partial charge on any atom is -0.388 e. The van der Waals surface area contributed by atoms with Gasteiger partial charge in [0.25, 0.3) is 0 Å². The molecule has 0 aliphatic heterocycles. The quantitative estimate of drug-likeness (QED) is 0.672. The van der Waals surface area contributed by atoms with Crippen LogP contribution in [0.1, 0.15) is 25.7 Å². The Labute approximate surface area is 97.6 Å². The first-order valence-corrected chi connectivity index (χ1v) is 5.57. The summed E-state index contributed by atoms with van der Waals surface area (Å²) in [5, 5.41) is 14.3. The lowest BCUT2D eigenvalue weighted by molar-refractivity contribution is -0.129. The normalized spacial score (nSPS) is 19.3. The van der Waals surface area contributed by atoms with Crippen LogP contribution < -0.4 is 10.6 Å². The highest BCUT2D eigenvalue weighted by atomic mass is 19.4. The molecule has 3 N–H and O–H groups in total. The maximum atomic E-state index is 11.8. The van der Waals surface area contributed by atoms with Crippen LogP contribution in [0.4, 0.5) is 13.2 Å². The van der Waals surface area contributed by atoms with Gasteiger partial charge in [-0.3, -0.25) is 4.79 Å². The van der Waals surface area contributed by atoms with Gasteiger partial charge in [0.2, 0.25) is 5.91 Å². The largest absolute Gasteiger partial charge is 0.401 e. The van der Waals surface area contributed by atoms with Gasteiger partial charge >= 0.3 is 6.18 Å². The van der Waals surface area contributed by atoms with Crippen LogP contribution in [0.5, 0.6) is 0 Å². The average Bonchev–Trinajstić information content (AvgIpc) is 2.61. The fourth-order valence-corrected chi connectivity index (χ4v) is 1.85. The second-order valence-corrected chi connectivity index (χ2v) is 4.43. The maximum Gasteiger partial charge on any atom is 0.401 e. The summed E-state index contributed by atoms with van der Waals surface area (Å²) < 4.78 is 35.3. The summed E-state index contributed by atoms with van der Waals surface area (Å²) in [6, 6.07) is 0. The topological polar surface area (TPSA) is 61.4 Å². The highest BCUT2D eigenvalue weighted by Gasteiger charge is 2.31. The highest BCUT2D eigenvalue weighted by Crippen LogP contribution is 2.28. The van der Waals surface area contributed by atoms with E-state index >= 15 is 0 Å². The average molecular weight is 254 g/mol. The van der Waals surface area contributed by atoms with Crippen molar-refractivity contribution in [2.45, 2.75) is 37.5 Å². The molecular formula is C10H17F3N2O2. The molecule has 1 saturated carbocycles. The SMILES string of the molecule is O=C(CNCC(F)(F)F)NCC1(O)CCCC1. The Morgan fingerprint density at radius 1 is 1.29 bits per heavy atom. The summed E-state index contributed by atoms with van der Waals surface area (Å²) in [5.74, 6) is -0.533. The minimum absolute atomic E-state index is 0.111. The molecule has 1 amide bonds. The zero-order chi connectivity index (χ0) is 12.9. The summed E-state index contributed by atoms with van der Waals surface area (Å²) in [7, 11) is 0. The molecule has 4 nitrogen and oxygen atoms in total. The second-order valence-electron chi connectivity index (χ2n) is 4.43. The van der Waals surface area contributed by atoms with Crippen molar-refractivity contribution in [1.82, 2.24) is 10.6 Å². The van der Waals surface area contributed by atoms with Crippen molar-refractivity contribution in [2.24, 2.45) is 0 Å². The molecule has 17 heavy (non-hydrogen) atoms. The van der Waals surface area contributed by atoms with Gasteiger partial charge in [0.05, 0.1) is 18.7 Å². The van der Waals surface area contributed by atoms with E-state index < -0.39 is 30.8 Å². The monoisotopic (exact) mass is 254 g/mol. The summed E-state index contributed by atoms with van der Waals surface area (Å²) in [6.07, 6.45) is -1.23. The molecular weight excluding hydrogens is 237 g/mol. The van der Waals surface area contributed by atoms with Gasteiger partial charge in [-0.05, 0) is 12.8 Å². The summed E-state index contributed by atoms with van der Waals surface area (Å²) >= 11 is 0. The fraction of sp³-hybridized carbons (Fsp3) is 0.900. The smallest absolute Gasteiger partial charge is 0.388 e. The first-order chi connectivity index (χ1) is 7.81. The third-order valence-corrected chi connectivity index (χ3v) is 2.76. The van der Waals surface area contributed by atoms with E-state index in [1.807, 2.05) is 5.32 Å². The number of amides is 1. The van der Waals surface area contributed by atoms with Crippen molar-refractivity contribution in [3.63, 3.8) is 0 Å². The Hall–Kier alpha value is -0.820. The molecule has 1 rings (SSSR count). The summed E-state index contributed by atoms with van der Waals surface area (Å²) in [4.78, 5) is 11.2. The molecule has 100 valence electrons. The second kappa shape index (κ2) is 5.68. The van der Waals surface area contributed by atoms with E-state index in [9.17, 15) is 23.1 Å². The molecule has 1 fully saturated rings. The fourth-order valence-electron chi connectivity index (χ4n) is 1.85. The van der Waals surface area contributed by atoms with Gasteiger partial charge in [0, 0.05) is 6.54 Å². The van der Waals surface area contributed by atoms with Gasteiger partial charge in [0.15, 0.2) is 0 Å². The number of hydrogen-bond acceptors (Lipinski definition) is 3. The number of aliphatic hydroxyl groups is 1. The number of halogens is 3. The Kier molecular flexibility index (Phi) is 4.76. The van der Waals surface area contributed by atoms with Gasteiger partial charge in [-0.15, -0.1) is 0 Å². The summed E-state index contributed by atoms with van der Waals surface area (Å²) in [5.41, 5.74) is -0.875. The molecule has 0 bridgehead atoms. The van der Waals surface area contributed by atoms with Gasteiger partial charge in [0.1, 0.15) is 0 Å². The van der Waals surface area contributed by atoms with Crippen molar-refractivity contribution in [3.8, 4) is 0 Å². The molecule has 0 aromatic carbocycles. The van der Waals surface area contributed by atoms with Gasteiger partial charge < -0.3 is 15.7 Å². The van der Waals surface area contributed by atoms with Crippen LogP contribution in [0.3, 0.4) is 0 Å². The van der Waals surface area contributed by atoms with E-state index in [1.54, 1.807) is 0 Å². The summed E-state index contributed by atoms with van der Waals surface area (Å²) in [6.45, 7) is -1.47. The van der Waals surface area contributed by atoms with Crippen LogP contribution in [0.15, 0.2) is 0 Å². The van der Waals surface area contributed by atoms with Crippen LogP contribution in [0.25, 0.3) is 0 Å². The minimum atomic E-state index is -4.32. The van der Waals surface area contributed by atoms with Crippen molar-refractivity contribution in [2.75, 3.05) is 19.6 Å². The Balaban J connectivity index is 2.13.